The van der Waals surface area contributed by atoms with Crippen LogP contribution in [0.3, 0.4) is 0 Å². The fraction of sp³-hybridized carbons (Fsp3) is 0.467. The van der Waals surface area contributed by atoms with Crippen LogP contribution < -0.4 is 10.2 Å². The third-order valence-corrected chi connectivity index (χ3v) is 4.39. The molecule has 1 aromatic rings. The quantitative estimate of drug-likeness (QED) is 0.850. The number of rotatable bonds is 2. The largest absolute Gasteiger partial charge is 0.329 e. The molecule has 0 spiro atoms. The molecule has 106 valence electrons. The van der Waals surface area contributed by atoms with Crippen LogP contribution >= 0.6 is 11.6 Å². The van der Waals surface area contributed by atoms with E-state index in [1.54, 1.807) is 24.3 Å². The first-order chi connectivity index (χ1) is 9.66. The summed E-state index contributed by atoms with van der Waals surface area (Å²) in [4.78, 5) is 25.8. The van der Waals surface area contributed by atoms with Gasteiger partial charge in [-0.1, -0.05) is 36.9 Å². The summed E-state index contributed by atoms with van der Waals surface area (Å²) in [6.45, 7) is 0. The van der Waals surface area contributed by atoms with Crippen LogP contribution in [0.25, 0.3) is 0 Å². The lowest BCUT2D eigenvalue weighted by atomic mass is 9.84. The number of anilines is 1. The molecule has 0 bridgehead atoms. The van der Waals surface area contributed by atoms with E-state index < -0.39 is 0 Å². The van der Waals surface area contributed by atoms with Gasteiger partial charge in [0.25, 0.3) is 5.91 Å². The van der Waals surface area contributed by atoms with Gasteiger partial charge in [-0.2, -0.15) is 0 Å². The summed E-state index contributed by atoms with van der Waals surface area (Å²) in [5, 5.41) is 3.35. The molecule has 1 atom stereocenters. The van der Waals surface area contributed by atoms with Crippen molar-refractivity contribution in [2.45, 2.75) is 38.1 Å². The predicted octanol–water partition coefficient (Wildman–Crippen LogP) is 3.35. The van der Waals surface area contributed by atoms with E-state index in [0.717, 1.165) is 25.7 Å². The van der Waals surface area contributed by atoms with Crippen molar-refractivity contribution in [3.8, 4) is 0 Å². The molecule has 1 aliphatic heterocycles. The van der Waals surface area contributed by atoms with E-state index in [1.807, 2.05) is 0 Å². The third kappa shape index (κ3) is 2.40. The van der Waals surface area contributed by atoms with Gasteiger partial charge in [0.05, 0.1) is 5.69 Å². The second-order valence-electron chi connectivity index (χ2n) is 5.48. The minimum absolute atomic E-state index is 0.149. The van der Waals surface area contributed by atoms with E-state index in [0.29, 0.717) is 10.7 Å². The molecule has 4 nitrogen and oxygen atoms in total. The summed E-state index contributed by atoms with van der Waals surface area (Å²) >= 11 is 5.93. The Kier molecular flexibility index (Phi) is 3.66. The van der Waals surface area contributed by atoms with Gasteiger partial charge in [-0.05, 0) is 37.0 Å². The monoisotopic (exact) mass is 292 g/mol. The van der Waals surface area contributed by atoms with Crippen molar-refractivity contribution < 1.29 is 9.59 Å². The Morgan fingerprint density at radius 1 is 1.15 bits per heavy atom. The van der Waals surface area contributed by atoms with Crippen LogP contribution in [0.5, 0.6) is 0 Å². The van der Waals surface area contributed by atoms with Gasteiger partial charge < -0.3 is 5.32 Å². The molecule has 5 heteroatoms. The van der Waals surface area contributed by atoms with Crippen molar-refractivity contribution in [3.63, 3.8) is 0 Å². The number of halogens is 1. The average Bonchev–Trinajstić information content (AvgIpc) is 2.75. The van der Waals surface area contributed by atoms with Crippen molar-refractivity contribution >= 4 is 29.2 Å². The van der Waals surface area contributed by atoms with E-state index in [4.69, 9.17) is 11.6 Å². The molecule has 1 saturated heterocycles. The second-order valence-corrected chi connectivity index (χ2v) is 5.92. The van der Waals surface area contributed by atoms with Crippen molar-refractivity contribution in [2.75, 3.05) is 4.90 Å². The van der Waals surface area contributed by atoms with Crippen molar-refractivity contribution in [1.29, 1.82) is 0 Å². The maximum absolute atomic E-state index is 12.5. The lowest BCUT2D eigenvalue weighted by Gasteiger charge is -2.25. The van der Waals surface area contributed by atoms with Crippen LogP contribution in [-0.2, 0) is 4.79 Å². The zero-order chi connectivity index (χ0) is 14.1. The van der Waals surface area contributed by atoms with Gasteiger partial charge in [0.1, 0.15) is 6.04 Å². The van der Waals surface area contributed by atoms with Crippen molar-refractivity contribution in [2.24, 2.45) is 5.92 Å². The summed E-state index contributed by atoms with van der Waals surface area (Å²) < 4.78 is 0. The number of hydrogen-bond donors (Lipinski definition) is 1. The fourth-order valence-electron chi connectivity index (χ4n) is 3.15. The number of urea groups is 1. The molecule has 1 N–H and O–H groups in total. The Morgan fingerprint density at radius 3 is 2.60 bits per heavy atom. The minimum Gasteiger partial charge on any atom is -0.325 e. The Morgan fingerprint density at radius 2 is 1.90 bits per heavy atom. The van der Waals surface area contributed by atoms with E-state index in [9.17, 15) is 9.59 Å². The third-order valence-electron chi connectivity index (χ3n) is 4.16. The minimum atomic E-state index is -0.373. The molecule has 0 radical (unpaired) electrons. The highest BCUT2D eigenvalue weighted by atomic mass is 35.5. The van der Waals surface area contributed by atoms with E-state index >= 15 is 0 Å². The van der Waals surface area contributed by atoms with Gasteiger partial charge in [0.15, 0.2) is 0 Å². The van der Waals surface area contributed by atoms with Gasteiger partial charge in [0.2, 0.25) is 0 Å². The zero-order valence-electron chi connectivity index (χ0n) is 11.1. The SMILES string of the molecule is O=C1NC(C2CCCCC2)C(=O)N1c1cccc(Cl)c1. The number of amides is 3. The smallest absolute Gasteiger partial charge is 0.325 e. The summed E-state index contributed by atoms with van der Waals surface area (Å²) in [6.07, 6.45) is 5.53. The molecule has 2 aliphatic rings. The first kappa shape index (κ1) is 13.4. The Balaban J connectivity index is 1.83. The second kappa shape index (κ2) is 5.44. The van der Waals surface area contributed by atoms with Gasteiger partial charge >= 0.3 is 6.03 Å². The summed E-state index contributed by atoms with van der Waals surface area (Å²) in [7, 11) is 0. The number of hydrogen-bond acceptors (Lipinski definition) is 2. The molecule has 2 fully saturated rings. The number of nitrogens with zero attached hydrogens (tertiary/aromatic N) is 1. The number of nitrogens with one attached hydrogen (secondary N) is 1. The summed E-state index contributed by atoms with van der Waals surface area (Å²) in [5.74, 6) is 0.119. The molecule has 1 aromatic carbocycles. The molecule has 3 rings (SSSR count). The first-order valence-electron chi connectivity index (χ1n) is 7.07. The Hall–Kier alpha value is -1.55. The number of carbonyl (C=O) groups is 2. The highest BCUT2D eigenvalue weighted by Gasteiger charge is 2.43. The number of imide groups is 1. The van der Waals surface area contributed by atoms with Gasteiger partial charge in [-0.25, -0.2) is 9.69 Å². The van der Waals surface area contributed by atoms with Crippen molar-refractivity contribution in [1.82, 2.24) is 5.32 Å². The van der Waals surface area contributed by atoms with Crippen LogP contribution in [-0.4, -0.2) is 18.0 Å². The first-order valence-corrected chi connectivity index (χ1v) is 7.44. The lowest BCUT2D eigenvalue weighted by molar-refractivity contribution is -0.119. The fourth-order valence-corrected chi connectivity index (χ4v) is 3.33. The molecular weight excluding hydrogens is 276 g/mol. The molecule has 1 heterocycles. The maximum Gasteiger partial charge on any atom is 0.329 e. The summed E-state index contributed by atoms with van der Waals surface area (Å²) in [5.41, 5.74) is 0.540. The average molecular weight is 293 g/mol. The number of carbonyl (C=O) groups excluding carboxylic acids is 2. The maximum atomic E-state index is 12.5. The molecule has 1 unspecified atom stereocenters. The highest BCUT2D eigenvalue weighted by Crippen LogP contribution is 2.31. The Bertz CT molecular complexity index is 540. The molecule has 0 aromatic heterocycles. The van der Waals surface area contributed by atoms with Gasteiger partial charge in [-0.3, -0.25) is 4.79 Å². The number of benzene rings is 1. The molecule has 3 amide bonds. The van der Waals surface area contributed by atoms with Crippen LogP contribution in [0, 0.1) is 5.92 Å². The molecule has 20 heavy (non-hydrogen) atoms. The van der Waals surface area contributed by atoms with E-state index in [2.05, 4.69) is 5.32 Å². The normalized spacial score (nSPS) is 24.1. The zero-order valence-corrected chi connectivity index (χ0v) is 11.9. The van der Waals surface area contributed by atoms with E-state index in [-0.39, 0.29) is 23.9 Å². The van der Waals surface area contributed by atoms with Crippen molar-refractivity contribution in [3.05, 3.63) is 29.3 Å². The predicted molar refractivity (Wildman–Crippen MR) is 77.8 cm³/mol. The van der Waals surface area contributed by atoms with Crippen LogP contribution in [0.15, 0.2) is 24.3 Å². The van der Waals surface area contributed by atoms with Gasteiger partial charge in [0, 0.05) is 5.02 Å². The van der Waals surface area contributed by atoms with Crippen LogP contribution in [0.2, 0.25) is 5.02 Å². The molecule has 1 saturated carbocycles. The van der Waals surface area contributed by atoms with E-state index in [1.165, 1.54) is 11.3 Å². The Labute approximate surface area is 123 Å². The highest BCUT2D eigenvalue weighted by molar-refractivity contribution is 6.31. The van der Waals surface area contributed by atoms with Gasteiger partial charge in [-0.15, -0.1) is 0 Å². The summed E-state index contributed by atoms with van der Waals surface area (Å²) in [6, 6.07) is 6.12. The lowest BCUT2D eigenvalue weighted by Crippen LogP contribution is -2.38. The van der Waals surface area contributed by atoms with Crippen LogP contribution in [0.4, 0.5) is 10.5 Å². The molecule has 1 aliphatic carbocycles. The standard InChI is InChI=1S/C15H17ClN2O2/c16-11-7-4-8-12(9-11)18-14(19)13(17-15(18)20)10-5-2-1-3-6-10/h4,7-10,13H,1-3,5-6H2,(H,17,20). The van der Waals surface area contributed by atoms with Crippen LogP contribution in [0.1, 0.15) is 32.1 Å². The molecular formula is C15H17ClN2O2. The topological polar surface area (TPSA) is 49.4 Å².